The first-order chi connectivity index (χ1) is 13.7. The summed E-state index contributed by atoms with van der Waals surface area (Å²) >= 11 is 0. The Labute approximate surface area is 180 Å². The monoisotopic (exact) mass is 422 g/mol. The number of fused-ring (bicyclic) bond motifs is 1. The van der Waals surface area contributed by atoms with Gasteiger partial charge in [0.2, 0.25) is 0 Å². The summed E-state index contributed by atoms with van der Waals surface area (Å²) in [5.41, 5.74) is 2.64. The zero-order chi connectivity index (χ0) is 23.6. The van der Waals surface area contributed by atoms with E-state index in [4.69, 9.17) is 0 Å². The lowest BCUT2D eigenvalue weighted by Gasteiger charge is -2.11. The lowest BCUT2D eigenvalue weighted by atomic mass is 9.98. The molecule has 2 aromatic rings. The molecule has 0 atom stereocenters. The highest BCUT2D eigenvalue weighted by Crippen LogP contribution is 2.28. The number of hydrogen-bond acceptors (Lipinski definition) is 2. The molecule has 2 aromatic carbocycles. The van der Waals surface area contributed by atoms with Gasteiger partial charge >= 0.3 is 0 Å². The van der Waals surface area contributed by atoms with E-state index in [1.807, 2.05) is 73.6 Å². The van der Waals surface area contributed by atoms with E-state index < -0.39 is 10.1 Å². The molecule has 3 nitrogen and oxygen atoms in total. The van der Waals surface area contributed by atoms with Crippen molar-refractivity contribution in [3.63, 3.8) is 0 Å². The van der Waals surface area contributed by atoms with Crippen molar-refractivity contribution < 1.29 is 13.0 Å². The largest absolute Gasteiger partial charge is 0.294 e. The molecule has 0 bridgehead atoms. The summed E-state index contributed by atoms with van der Waals surface area (Å²) in [6, 6.07) is 7.56. The van der Waals surface area contributed by atoms with Gasteiger partial charge in [-0.15, -0.1) is 11.8 Å². The summed E-state index contributed by atoms with van der Waals surface area (Å²) in [4.78, 5) is 0.000697. The van der Waals surface area contributed by atoms with E-state index in [-0.39, 0.29) is 4.90 Å². The van der Waals surface area contributed by atoms with Crippen LogP contribution in [0.25, 0.3) is 10.8 Å². The van der Waals surface area contributed by atoms with Crippen molar-refractivity contribution in [1.82, 2.24) is 0 Å². The van der Waals surface area contributed by atoms with Crippen LogP contribution in [0.15, 0.2) is 29.2 Å². The van der Waals surface area contributed by atoms with Crippen LogP contribution >= 0.6 is 0 Å². The van der Waals surface area contributed by atoms with Gasteiger partial charge in [-0.3, -0.25) is 4.55 Å². The second-order valence-electron chi connectivity index (χ2n) is 5.72. The first-order valence-corrected chi connectivity index (χ1v) is 12.0. The molecular weight excluding hydrogens is 380 g/mol. The second-order valence-corrected chi connectivity index (χ2v) is 7.11. The molecule has 0 heterocycles. The van der Waals surface area contributed by atoms with Gasteiger partial charge in [0.1, 0.15) is 0 Å². The van der Waals surface area contributed by atoms with Gasteiger partial charge in [-0.05, 0) is 67.6 Å². The molecule has 0 aromatic heterocycles. The van der Waals surface area contributed by atoms with E-state index in [0.717, 1.165) is 28.3 Å². The minimum Gasteiger partial charge on any atom is -0.282 e. The Kier molecular flexibility index (Phi) is 20.0. The third-order valence-electron chi connectivity index (χ3n) is 3.67. The van der Waals surface area contributed by atoms with Crippen LogP contribution in [0, 0.1) is 25.7 Å². The maximum Gasteiger partial charge on any atom is 0.294 e. The molecule has 0 spiro atoms. The van der Waals surface area contributed by atoms with Crippen LogP contribution in [0.4, 0.5) is 0 Å². The maximum atomic E-state index is 11.4. The first kappa shape index (κ1) is 31.9. The molecule has 4 heteroatoms. The summed E-state index contributed by atoms with van der Waals surface area (Å²) < 4.78 is 32.0. The molecule has 0 aliphatic rings. The topological polar surface area (TPSA) is 54.4 Å². The van der Waals surface area contributed by atoms with Crippen LogP contribution in [0.5, 0.6) is 0 Å². The Hall–Kier alpha value is -1.83. The van der Waals surface area contributed by atoms with Crippen molar-refractivity contribution in [2.24, 2.45) is 0 Å². The van der Waals surface area contributed by atoms with Crippen molar-refractivity contribution in [3.05, 3.63) is 41.0 Å². The van der Waals surface area contributed by atoms with Crippen LogP contribution in [0.3, 0.4) is 0 Å². The number of hydrogen-bond donors (Lipinski definition) is 1. The van der Waals surface area contributed by atoms with Crippen molar-refractivity contribution in [3.8, 4) is 11.8 Å². The third kappa shape index (κ3) is 11.7. The number of rotatable bonds is 2. The fourth-order valence-corrected chi connectivity index (χ4v) is 3.01. The Bertz CT molecular complexity index is 849. The van der Waals surface area contributed by atoms with E-state index in [9.17, 15) is 13.0 Å². The van der Waals surface area contributed by atoms with Crippen LogP contribution in [-0.4, -0.2) is 13.0 Å². The Morgan fingerprint density at radius 1 is 0.862 bits per heavy atom. The Morgan fingerprint density at radius 3 is 1.66 bits per heavy atom. The average molecular weight is 423 g/mol. The molecule has 0 saturated heterocycles. The molecule has 29 heavy (non-hydrogen) atoms. The fraction of sp³-hybridized carbons (Fsp3) is 0.520. The average Bonchev–Trinajstić information content (AvgIpc) is 2.73. The quantitative estimate of drug-likeness (QED) is 0.397. The highest BCUT2D eigenvalue weighted by atomic mass is 32.2. The van der Waals surface area contributed by atoms with E-state index in [0.29, 0.717) is 5.56 Å². The van der Waals surface area contributed by atoms with Gasteiger partial charge < -0.3 is 0 Å². The van der Waals surface area contributed by atoms with Gasteiger partial charge in [0.15, 0.2) is 0 Å². The molecule has 0 aliphatic carbocycles. The van der Waals surface area contributed by atoms with Crippen LogP contribution in [0.1, 0.15) is 85.4 Å². The molecule has 0 radical (unpaired) electrons. The zero-order valence-electron chi connectivity index (χ0n) is 20.4. The highest BCUT2D eigenvalue weighted by Gasteiger charge is 2.16. The molecule has 0 amide bonds. The third-order valence-corrected chi connectivity index (χ3v) is 4.65. The molecule has 166 valence electrons. The van der Waals surface area contributed by atoms with E-state index in [2.05, 4.69) is 25.7 Å². The van der Waals surface area contributed by atoms with Gasteiger partial charge in [0, 0.05) is 0 Å². The van der Waals surface area contributed by atoms with E-state index in [1.54, 1.807) is 13.0 Å². The summed E-state index contributed by atoms with van der Waals surface area (Å²) in [6.07, 6.45) is 2.14. The number of aryl methyl sites for hydroxylation is 2. The molecule has 1 N–H and O–H groups in total. The lowest BCUT2D eigenvalue weighted by Crippen LogP contribution is -2.03. The second kappa shape index (κ2) is 18.2. The molecule has 0 unspecified atom stereocenters. The highest BCUT2D eigenvalue weighted by molar-refractivity contribution is 7.85. The van der Waals surface area contributed by atoms with Crippen LogP contribution in [0.2, 0.25) is 0 Å². The number of benzene rings is 2. The zero-order valence-corrected chi connectivity index (χ0v) is 21.2. The minimum atomic E-state index is -4.17. The first-order valence-electron chi connectivity index (χ1n) is 10.5. The summed E-state index contributed by atoms with van der Waals surface area (Å²) in [7, 11) is -4.17. The standard InChI is InChI=1S/C14H16O3S.C4H6.C3H8.2C2H6/c1-4-11-5-6-13-9(2)10(3)14(18(15,16)17)8-12(13)7-11;1-3-4-2;1-3-2;2*1-2/h5-8H,4H2,1-3H3,(H,15,16,17);1-2H3;3H2,1-2H3;2*1-2H3. The molecule has 0 aliphatic heterocycles. The van der Waals surface area contributed by atoms with Gasteiger partial charge in [0.05, 0.1) is 4.90 Å². The Morgan fingerprint density at radius 2 is 1.31 bits per heavy atom. The van der Waals surface area contributed by atoms with Crippen molar-refractivity contribution in [1.29, 1.82) is 0 Å². The van der Waals surface area contributed by atoms with Gasteiger partial charge in [-0.25, -0.2) is 0 Å². The summed E-state index contributed by atoms with van der Waals surface area (Å²) in [5, 5.41) is 1.88. The van der Waals surface area contributed by atoms with Gasteiger partial charge in [0.25, 0.3) is 10.1 Å². The minimum absolute atomic E-state index is 0.000697. The van der Waals surface area contributed by atoms with Crippen LogP contribution < -0.4 is 0 Å². The summed E-state index contributed by atoms with van der Waals surface area (Å²) in [5.74, 6) is 5.36. The van der Waals surface area contributed by atoms with Crippen molar-refractivity contribution in [2.45, 2.75) is 93.9 Å². The predicted molar refractivity (Wildman–Crippen MR) is 130 cm³/mol. The molecule has 2 rings (SSSR count). The SMILES string of the molecule is CC.CC.CC#CC.CCC.CCc1ccc2c(C)c(C)c(S(=O)(=O)O)cc2c1. The van der Waals surface area contributed by atoms with Gasteiger partial charge in [-0.1, -0.05) is 73.1 Å². The van der Waals surface area contributed by atoms with Gasteiger partial charge in [-0.2, -0.15) is 8.42 Å². The van der Waals surface area contributed by atoms with Crippen LogP contribution in [-0.2, 0) is 16.5 Å². The predicted octanol–water partition coefficient (Wildman–Crippen LogP) is 7.76. The maximum absolute atomic E-state index is 11.4. The molecule has 0 saturated carbocycles. The fourth-order valence-electron chi connectivity index (χ4n) is 2.20. The van der Waals surface area contributed by atoms with Crippen molar-refractivity contribution >= 4 is 20.9 Å². The molecular formula is C25H42O3S. The Balaban J connectivity index is -0.000000520. The smallest absolute Gasteiger partial charge is 0.282 e. The van der Waals surface area contributed by atoms with Crippen molar-refractivity contribution in [2.75, 3.05) is 0 Å². The van der Waals surface area contributed by atoms with E-state index in [1.165, 1.54) is 6.42 Å². The normalized spacial score (nSPS) is 8.97. The molecule has 0 fully saturated rings. The summed E-state index contributed by atoms with van der Waals surface area (Å²) in [6.45, 7) is 21.5. The lowest BCUT2D eigenvalue weighted by molar-refractivity contribution is 0.482. The van der Waals surface area contributed by atoms with E-state index >= 15 is 0 Å².